The molecule has 0 saturated carbocycles. The molecule has 0 bridgehead atoms. The third-order valence-electron chi connectivity index (χ3n) is 4.65. The molecule has 0 amide bonds. The molecule has 2 aliphatic heterocycles. The first-order valence-corrected chi connectivity index (χ1v) is 7.89. The highest BCUT2D eigenvalue weighted by molar-refractivity contribution is 5.87. The number of likely N-dealkylation sites (tertiary alicyclic amines) is 1. The van der Waals surface area contributed by atoms with E-state index in [2.05, 4.69) is 14.8 Å². The molecule has 2 saturated heterocycles. The molecule has 5 heteroatoms. The van der Waals surface area contributed by atoms with Gasteiger partial charge in [-0.05, 0) is 56.8 Å². The highest BCUT2D eigenvalue weighted by Crippen LogP contribution is 2.23. The summed E-state index contributed by atoms with van der Waals surface area (Å²) in [6.45, 7) is 5.85. The fourth-order valence-corrected chi connectivity index (χ4v) is 3.37. The first-order chi connectivity index (χ1) is 10.2. The quantitative estimate of drug-likeness (QED) is 0.920. The Hall–Kier alpha value is -1.62. The van der Waals surface area contributed by atoms with E-state index in [0.717, 1.165) is 24.8 Å². The largest absolute Gasteiger partial charge is 0.478 e. The van der Waals surface area contributed by atoms with E-state index in [9.17, 15) is 4.79 Å². The summed E-state index contributed by atoms with van der Waals surface area (Å²) < 4.78 is 0. The lowest BCUT2D eigenvalue weighted by Gasteiger charge is -2.34. The maximum absolute atomic E-state index is 10.8. The van der Waals surface area contributed by atoms with Crippen molar-refractivity contribution in [3.05, 3.63) is 23.9 Å². The average Bonchev–Trinajstić information content (AvgIpc) is 3.01. The number of rotatable bonds is 4. The average molecular weight is 289 g/mol. The maximum atomic E-state index is 10.8. The van der Waals surface area contributed by atoms with Crippen LogP contribution in [-0.4, -0.2) is 53.7 Å². The molecule has 0 atom stereocenters. The molecule has 21 heavy (non-hydrogen) atoms. The second kappa shape index (κ2) is 6.43. The SMILES string of the molecule is O=C(O)c1ccc(N2CCC(CN3CCCC3)CC2)nc1. The van der Waals surface area contributed by atoms with Gasteiger partial charge >= 0.3 is 5.97 Å². The molecule has 2 aliphatic rings. The van der Waals surface area contributed by atoms with Gasteiger partial charge in [0.05, 0.1) is 5.56 Å². The van der Waals surface area contributed by atoms with E-state index < -0.39 is 5.97 Å². The van der Waals surface area contributed by atoms with Crippen molar-refractivity contribution in [2.45, 2.75) is 25.7 Å². The molecular formula is C16H23N3O2. The number of carboxylic acids is 1. The Morgan fingerprint density at radius 1 is 1.19 bits per heavy atom. The van der Waals surface area contributed by atoms with E-state index in [1.807, 2.05) is 6.07 Å². The number of carbonyl (C=O) groups is 1. The van der Waals surface area contributed by atoms with Gasteiger partial charge in [-0.2, -0.15) is 0 Å². The van der Waals surface area contributed by atoms with Gasteiger partial charge in [0, 0.05) is 25.8 Å². The van der Waals surface area contributed by atoms with Crippen LogP contribution in [0.1, 0.15) is 36.0 Å². The summed E-state index contributed by atoms with van der Waals surface area (Å²) in [7, 11) is 0. The van der Waals surface area contributed by atoms with E-state index >= 15 is 0 Å². The van der Waals surface area contributed by atoms with Crippen molar-refractivity contribution in [2.24, 2.45) is 5.92 Å². The standard InChI is InChI=1S/C16H23N3O2/c20-16(21)14-3-4-15(17-11-14)19-9-5-13(6-10-19)12-18-7-1-2-8-18/h3-4,11,13H,1-2,5-10,12H2,(H,20,21). The van der Waals surface area contributed by atoms with Crippen LogP contribution in [0.4, 0.5) is 5.82 Å². The van der Waals surface area contributed by atoms with Gasteiger partial charge in [-0.15, -0.1) is 0 Å². The number of hydrogen-bond donors (Lipinski definition) is 1. The predicted molar refractivity (Wildman–Crippen MR) is 81.8 cm³/mol. The monoisotopic (exact) mass is 289 g/mol. The summed E-state index contributed by atoms with van der Waals surface area (Å²) in [6, 6.07) is 3.46. The van der Waals surface area contributed by atoms with Crippen molar-refractivity contribution in [1.82, 2.24) is 9.88 Å². The zero-order chi connectivity index (χ0) is 14.7. The Bertz CT molecular complexity index is 475. The van der Waals surface area contributed by atoms with Gasteiger partial charge in [0.1, 0.15) is 5.82 Å². The molecule has 0 radical (unpaired) electrons. The molecule has 5 nitrogen and oxygen atoms in total. The predicted octanol–water partition coefficient (Wildman–Crippen LogP) is 2.09. The number of aromatic nitrogens is 1. The fraction of sp³-hybridized carbons (Fsp3) is 0.625. The Kier molecular flexibility index (Phi) is 4.39. The normalized spacial score (nSPS) is 20.9. The highest BCUT2D eigenvalue weighted by Gasteiger charge is 2.23. The lowest BCUT2D eigenvalue weighted by Crippen LogP contribution is -2.38. The van der Waals surface area contributed by atoms with E-state index in [4.69, 9.17) is 5.11 Å². The van der Waals surface area contributed by atoms with E-state index in [-0.39, 0.29) is 5.56 Å². The second-order valence-electron chi connectivity index (χ2n) is 6.15. The van der Waals surface area contributed by atoms with Gasteiger partial charge in [-0.3, -0.25) is 0 Å². The molecule has 0 unspecified atom stereocenters. The number of carboxylic acid groups (broad SMARTS) is 1. The third kappa shape index (κ3) is 3.53. The van der Waals surface area contributed by atoms with Gasteiger partial charge < -0.3 is 14.9 Å². The molecule has 2 fully saturated rings. The summed E-state index contributed by atoms with van der Waals surface area (Å²) in [5, 5.41) is 8.90. The Morgan fingerprint density at radius 2 is 1.90 bits per heavy atom. The molecule has 0 aromatic carbocycles. The van der Waals surface area contributed by atoms with Crippen LogP contribution in [0.2, 0.25) is 0 Å². The summed E-state index contributed by atoms with van der Waals surface area (Å²) in [4.78, 5) is 20.0. The van der Waals surface area contributed by atoms with Crippen molar-refractivity contribution in [1.29, 1.82) is 0 Å². The summed E-state index contributed by atoms with van der Waals surface area (Å²) >= 11 is 0. The van der Waals surface area contributed by atoms with Crippen LogP contribution < -0.4 is 4.90 Å². The first-order valence-electron chi connectivity index (χ1n) is 7.89. The fourth-order valence-electron chi connectivity index (χ4n) is 3.37. The number of aromatic carboxylic acids is 1. The number of nitrogens with zero attached hydrogens (tertiary/aromatic N) is 3. The number of anilines is 1. The topological polar surface area (TPSA) is 56.7 Å². The van der Waals surface area contributed by atoms with Crippen molar-refractivity contribution >= 4 is 11.8 Å². The summed E-state index contributed by atoms with van der Waals surface area (Å²) in [5.41, 5.74) is 0.252. The van der Waals surface area contributed by atoms with Crippen molar-refractivity contribution in [3.63, 3.8) is 0 Å². The van der Waals surface area contributed by atoms with Gasteiger partial charge in [0.2, 0.25) is 0 Å². The maximum Gasteiger partial charge on any atom is 0.337 e. The van der Waals surface area contributed by atoms with Crippen molar-refractivity contribution in [3.8, 4) is 0 Å². The molecule has 114 valence electrons. The number of piperidine rings is 1. The lowest BCUT2D eigenvalue weighted by molar-refractivity contribution is 0.0696. The van der Waals surface area contributed by atoms with Crippen molar-refractivity contribution in [2.75, 3.05) is 37.6 Å². The minimum atomic E-state index is -0.918. The van der Waals surface area contributed by atoms with Crippen molar-refractivity contribution < 1.29 is 9.90 Å². The van der Waals surface area contributed by atoms with Crippen LogP contribution in [0.15, 0.2) is 18.3 Å². The van der Waals surface area contributed by atoms with Crippen LogP contribution in [-0.2, 0) is 0 Å². The van der Waals surface area contributed by atoms with Gasteiger partial charge in [-0.1, -0.05) is 0 Å². The molecule has 3 rings (SSSR count). The Labute approximate surface area is 125 Å². The van der Waals surface area contributed by atoms with E-state index in [1.165, 1.54) is 51.5 Å². The third-order valence-corrected chi connectivity index (χ3v) is 4.65. The Balaban J connectivity index is 1.51. The number of pyridine rings is 1. The Morgan fingerprint density at radius 3 is 2.48 bits per heavy atom. The molecule has 3 heterocycles. The minimum absolute atomic E-state index is 0.252. The van der Waals surface area contributed by atoms with Gasteiger partial charge in [-0.25, -0.2) is 9.78 Å². The lowest BCUT2D eigenvalue weighted by atomic mass is 9.96. The number of hydrogen-bond acceptors (Lipinski definition) is 4. The van der Waals surface area contributed by atoms with Crippen LogP contribution >= 0.6 is 0 Å². The highest BCUT2D eigenvalue weighted by atomic mass is 16.4. The zero-order valence-corrected chi connectivity index (χ0v) is 12.4. The second-order valence-corrected chi connectivity index (χ2v) is 6.15. The molecule has 0 aliphatic carbocycles. The molecule has 1 N–H and O–H groups in total. The first kappa shape index (κ1) is 14.3. The van der Waals surface area contributed by atoms with E-state index in [0.29, 0.717) is 0 Å². The van der Waals surface area contributed by atoms with Gasteiger partial charge in [0.25, 0.3) is 0 Å². The van der Waals surface area contributed by atoms with Crippen LogP contribution in [0.3, 0.4) is 0 Å². The van der Waals surface area contributed by atoms with Gasteiger partial charge in [0.15, 0.2) is 0 Å². The van der Waals surface area contributed by atoms with Crippen LogP contribution in [0, 0.1) is 5.92 Å². The zero-order valence-electron chi connectivity index (χ0n) is 12.4. The summed E-state index contributed by atoms with van der Waals surface area (Å²) in [6.07, 6.45) is 6.59. The van der Waals surface area contributed by atoms with Crippen LogP contribution in [0.5, 0.6) is 0 Å². The molecular weight excluding hydrogens is 266 g/mol. The van der Waals surface area contributed by atoms with Crippen LogP contribution in [0.25, 0.3) is 0 Å². The smallest absolute Gasteiger partial charge is 0.337 e. The van der Waals surface area contributed by atoms with E-state index in [1.54, 1.807) is 6.07 Å². The minimum Gasteiger partial charge on any atom is -0.478 e. The molecule has 1 aromatic heterocycles. The molecule has 1 aromatic rings. The molecule has 0 spiro atoms. The summed E-state index contributed by atoms with van der Waals surface area (Å²) in [5.74, 6) is 0.788.